The smallest absolute Gasteiger partial charge is 0.166 e. The van der Waals surface area contributed by atoms with Crippen LogP contribution in [0.1, 0.15) is 18.1 Å². The second-order valence-electron chi connectivity index (χ2n) is 5.92. The van der Waals surface area contributed by atoms with Gasteiger partial charge in [0.05, 0.1) is 6.61 Å². The van der Waals surface area contributed by atoms with E-state index in [0.717, 1.165) is 32.8 Å². The lowest BCUT2D eigenvalue weighted by atomic mass is 10.1. The fourth-order valence-electron chi connectivity index (χ4n) is 2.66. The van der Waals surface area contributed by atoms with Crippen molar-refractivity contribution in [2.45, 2.75) is 20.1 Å². The topological polar surface area (TPSA) is 30.5 Å². The Bertz CT molecular complexity index is 884. The predicted molar refractivity (Wildman–Crippen MR) is 115 cm³/mol. The maximum Gasteiger partial charge on any atom is 0.166 e. The van der Waals surface area contributed by atoms with Crippen molar-refractivity contribution in [2.75, 3.05) is 11.9 Å². The molecule has 3 aromatic carbocycles. The lowest BCUT2D eigenvalue weighted by Crippen LogP contribution is -2.06. The van der Waals surface area contributed by atoms with Gasteiger partial charge in [0, 0.05) is 32.9 Å². The van der Waals surface area contributed by atoms with E-state index in [2.05, 4.69) is 21.2 Å². The van der Waals surface area contributed by atoms with E-state index in [1.807, 2.05) is 73.7 Å². The number of ether oxygens (including phenoxy) is 2. The first-order valence-corrected chi connectivity index (χ1v) is 9.95. The van der Waals surface area contributed by atoms with Crippen LogP contribution in [0.25, 0.3) is 0 Å². The lowest BCUT2D eigenvalue weighted by Gasteiger charge is -2.17. The summed E-state index contributed by atoms with van der Waals surface area (Å²) in [5.74, 6) is 1.48. The number of para-hydroxylation sites is 1. The molecule has 0 aromatic heterocycles. The lowest BCUT2D eigenvalue weighted by molar-refractivity contribution is 0.267. The summed E-state index contributed by atoms with van der Waals surface area (Å²) in [4.78, 5) is 0. The zero-order valence-corrected chi connectivity index (χ0v) is 17.4. The Hall–Kier alpha value is -2.17. The van der Waals surface area contributed by atoms with E-state index < -0.39 is 0 Å². The molecule has 0 aliphatic carbocycles. The van der Waals surface area contributed by atoms with Gasteiger partial charge < -0.3 is 14.8 Å². The Morgan fingerprint density at radius 2 is 1.63 bits per heavy atom. The van der Waals surface area contributed by atoms with Crippen LogP contribution < -0.4 is 14.8 Å². The van der Waals surface area contributed by atoms with E-state index in [1.54, 1.807) is 0 Å². The molecule has 27 heavy (non-hydrogen) atoms. The summed E-state index contributed by atoms with van der Waals surface area (Å²) in [6.45, 7) is 3.55. The van der Waals surface area contributed by atoms with Gasteiger partial charge >= 0.3 is 0 Å². The molecule has 0 unspecified atom stereocenters. The molecule has 0 fully saturated rings. The van der Waals surface area contributed by atoms with Crippen LogP contribution in [0, 0.1) is 0 Å². The predicted octanol–water partition coefficient (Wildman–Crippen LogP) is 6.69. The third kappa shape index (κ3) is 5.41. The molecule has 140 valence electrons. The minimum Gasteiger partial charge on any atom is -0.490 e. The van der Waals surface area contributed by atoms with E-state index in [4.69, 9.17) is 21.1 Å². The maximum atomic E-state index is 6.26. The summed E-state index contributed by atoms with van der Waals surface area (Å²) in [7, 11) is 0. The minimum atomic E-state index is 0.384. The van der Waals surface area contributed by atoms with Crippen LogP contribution in [0.4, 0.5) is 5.69 Å². The second kappa shape index (κ2) is 9.67. The molecule has 0 atom stereocenters. The van der Waals surface area contributed by atoms with E-state index in [1.165, 1.54) is 0 Å². The third-order valence-electron chi connectivity index (χ3n) is 4.02. The number of nitrogens with one attached hydrogen (secondary N) is 1. The van der Waals surface area contributed by atoms with Gasteiger partial charge in [-0.3, -0.25) is 0 Å². The van der Waals surface area contributed by atoms with Crippen LogP contribution in [0.3, 0.4) is 0 Å². The van der Waals surface area contributed by atoms with Gasteiger partial charge in [-0.25, -0.2) is 0 Å². The number of hydrogen-bond donors (Lipinski definition) is 1. The van der Waals surface area contributed by atoms with Crippen LogP contribution in [-0.4, -0.2) is 6.61 Å². The van der Waals surface area contributed by atoms with Crippen molar-refractivity contribution in [3.8, 4) is 11.5 Å². The zero-order chi connectivity index (χ0) is 19.1. The van der Waals surface area contributed by atoms with Crippen LogP contribution in [-0.2, 0) is 13.2 Å². The summed E-state index contributed by atoms with van der Waals surface area (Å²) in [5, 5.41) is 4.12. The second-order valence-corrected chi connectivity index (χ2v) is 7.24. The normalized spacial score (nSPS) is 10.5. The highest BCUT2D eigenvalue weighted by molar-refractivity contribution is 9.10. The van der Waals surface area contributed by atoms with Crippen molar-refractivity contribution in [3.05, 3.63) is 87.4 Å². The highest BCUT2D eigenvalue weighted by Crippen LogP contribution is 2.33. The monoisotopic (exact) mass is 445 g/mol. The van der Waals surface area contributed by atoms with Gasteiger partial charge in [-0.2, -0.15) is 0 Å². The quantitative estimate of drug-likeness (QED) is 0.418. The molecular weight excluding hydrogens is 426 g/mol. The van der Waals surface area contributed by atoms with Crippen molar-refractivity contribution in [3.63, 3.8) is 0 Å². The van der Waals surface area contributed by atoms with Crippen LogP contribution >= 0.6 is 27.5 Å². The van der Waals surface area contributed by atoms with Crippen molar-refractivity contribution in [2.24, 2.45) is 0 Å². The molecule has 0 saturated carbocycles. The molecule has 0 aliphatic rings. The standard InChI is InChI=1S/C22H21BrClNO2/c1-2-26-21-9-5-7-16(14-25-19-12-10-18(23)11-13-19)22(21)27-15-17-6-3-4-8-20(17)24/h3-13,25H,2,14-15H2,1H3. The van der Waals surface area contributed by atoms with Gasteiger partial charge in [0.25, 0.3) is 0 Å². The number of anilines is 1. The van der Waals surface area contributed by atoms with E-state index in [9.17, 15) is 0 Å². The Morgan fingerprint density at radius 1 is 0.889 bits per heavy atom. The average molecular weight is 447 g/mol. The number of benzene rings is 3. The summed E-state index contributed by atoms with van der Waals surface area (Å²) < 4.78 is 13.0. The highest BCUT2D eigenvalue weighted by Gasteiger charge is 2.12. The molecule has 3 rings (SSSR count). The Labute approximate surface area is 173 Å². The van der Waals surface area contributed by atoms with E-state index >= 15 is 0 Å². The van der Waals surface area contributed by atoms with Gasteiger partial charge in [0.2, 0.25) is 0 Å². The molecule has 0 heterocycles. The van der Waals surface area contributed by atoms with E-state index in [0.29, 0.717) is 24.8 Å². The Balaban J connectivity index is 1.79. The summed E-state index contributed by atoms with van der Waals surface area (Å²) in [5.41, 5.74) is 3.00. The molecule has 3 aromatic rings. The first kappa shape index (κ1) is 19.6. The molecular formula is C22H21BrClNO2. The summed E-state index contributed by atoms with van der Waals surface area (Å²) >= 11 is 9.71. The van der Waals surface area contributed by atoms with Crippen LogP contribution in [0.2, 0.25) is 5.02 Å². The first-order valence-electron chi connectivity index (χ1n) is 8.77. The Kier molecular flexibility index (Phi) is 7.02. The first-order chi connectivity index (χ1) is 13.2. The van der Waals surface area contributed by atoms with Crippen molar-refractivity contribution in [1.82, 2.24) is 0 Å². The van der Waals surface area contributed by atoms with Crippen LogP contribution in [0.5, 0.6) is 11.5 Å². The molecule has 0 amide bonds. The number of rotatable bonds is 8. The van der Waals surface area contributed by atoms with Gasteiger partial charge in [0.1, 0.15) is 6.61 Å². The van der Waals surface area contributed by atoms with Crippen LogP contribution in [0.15, 0.2) is 71.2 Å². The summed E-state index contributed by atoms with van der Waals surface area (Å²) in [6.07, 6.45) is 0. The molecule has 0 radical (unpaired) electrons. The van der Waals surface area contributed by atoms with Gasteiger partial charge in [0.15, 0.2) is 11.5 Å². The molecule has 0 bridgehead atoms. The fourth-order valence-corrected chi connectivity index (χ4v) is 3.12. The highest BCUT2D eigenvalue weighted by atomic mass is 79.9. The average Bonchev–Trinajstić information content (AvgIpc) is 2.68. The summed E-state index contributed by atoms with van der Waals surface area (Å²) in [6, 6.07) is 21.7. The van der Waals surface area contributed by atoms with Crippen molar-refractivity contribution < 1.29 is 9.47 Å². The molecule has 5 heteroatoms. The zero-order valence-electron chi connectivity index (χ0n) is 15.0. The van der Waals surface area contributed by atoms with Gasteiger partial charge in [-0.15, -0.1) is 0 Å². The third-order valence-corrected chi connectivity index (χ3v) is 4.91. The molecule has 0 saturated heterocycles. The largest absolute Gasteiger partial charge is 0.490 e. The number of halogens is 2. The van der Waals surface area contributed by atoms with E-state index in [-0.39, 0.29) is 0 Å². The van der Waals surface area contributed by atoms with Gasteiger partial charge in [-0.05, 0) is 43.3 Å². The molecule has 0 aliphatic heterocycles. The molecule has 0 spiro atoms. The Morgan fingerprint density at radius 3 is 2.37 bits per heavy atom. The number of hydrogen-bond acceptors (Lipinski definition) is 3. The molecule has 1 N–H and O–H groups in total. The van der Waals surface area contributed by atoms with Gasteiger partial charge in [-0.1, -0.05) is 57.9 Å². The SMILES string of the molecule is CCOc1cccc(CNc2ccc(Br)cc2)c1OCc1ccccc1Cl. The maximum absolute atomic E-state index is 6.26. The fraction of sp³-hybridized carbons (Fsp3) is 0.182. The van der Waals surface area contributed by atoms with Crippen molar-refractivity contribution in [1.29, 1.82) is 0 Å². The minimum absolute atomic E-state index is 0.384. The molecule has 3 nitrogen and oxygen atoms in total. The van der Waals surface area contributed by atoms with Crippen molar-refractivity contribution >= 4 is 33.2 Å².